The summed E-state index contributed by atoms with van der Waals surface area (Å²) in [5, 5.41) is 11.4. The molecule has 0 aliphatic carbocycles. The van der Waals surface area contributed by atoms with E-state index in [1.807, 2.05) is 13.8 Å². The van der Waals surface area contributed by atoms with Crippen LogP contribution in [0.5, 0.6) is 0 Å². The van der Waals surface area contributed by atoms with E-state index in [-0.39, 0.29) is 24.4 Å². The molecule has 0 unspecified atom stereocenters. The molecule has 0 aromatic carbocycles. The van der Waals surface area contributed by atoms with Gasteiger partial charge in [-0.2, -0.15) is 0 Å². The third-order valence-corrected chi connectivity index (χ3v) is 1.91. The van der Waals surface area contributed by atoms with E-state index in [1.165, 1.54) is 6.20 Å². The van der Waals surface area contributed by atoms with Crippen molar-refractivity contribution in [1.82, 2.24) is 9.97 Å². The molecule has 88 valence electrons. The van der Waals surface area contributed by atoms with Crippen LogP contribution in [0.15, 0.2) is 11.0 Å². The van der Waals surface area contributed by atoms with Gasteiger partial charge < -0.3 is 10.4 Å². The first-order valence-electron chi connectivity index (χ1n) is 5.05. The number of hydrogen-bond acceptors (Lipinski definition) is 4. The maximum atomic E-state index is 11.5. The molecule has 0 fully saturated rings. The van der Waals surface area contributed by atoms with Crippen LogP contribution < -0.4 is 10.9 Å². The van der Waals surface area contributed by atoms with Crippen LogP contribution in [0.3, 0.4) is 0 Å². The second-order valence-electron chi connectivity index (χ2n) is 3.78. The zero-order chi connectivity index (χ0) is 12.1. The third-order valence-electron chi connectivity index (χ3n) is 1.91. The Bertz CT molecular complexity index is 426. The molecule has 0 radical (unpaired) electrons. The molecule has 0 aliphatic rings. The van der Waals surface area contributed by atoms with Crippen LogP contribution in [0.25, 0.3) is 0 Å². The van der Waals surface area contributed by atoms with Crippen molar-refractivity contribution < 1.29 is 9.90 Å². The fraction of sp³-hybridized carbons (Fsp3) is 0.500. The molecule has 1 rings (SSSR count). The van der Waals surface area contributed by atoms with Gasteiger partial charge in [0, 0.05) is 24.2 Å². The molecule has 0 spiro atoms. The maximum Gasteiger partial charge on any atom is 0.303 e. The normalized spacial score (nSPS) is 10.4. The summed E-state index contributed by atoms with van der Waals surface area (Å²) in [5.41, 5.74) is 0.0936. The van der Waals surface area contributed by atoms with E-state index in [9.17, 15) is 9.59 Å². The van der Waals surface area contributed by atoms with Crippen LogP contribution in [-0.4, -0.2) is 27.1 Å². The van der Waals surface area contributed by atoms with Crippen molar-refractivity contribution in [1.29, 1.82) is 0 Å². The van der Waals surface area contributed by atoms with Crippen LogP contribution >= 0.6 is 0 Å². The van der Waals surface area contributed by atoms with Gasteiger partial charge in [0.25, 0.3) is 5.56 Å². The number of H-pyrrole nitrogens is 1. The van der Waals surface area contributed by atoms with Crippen LogP contribution in [0, 0.1) is 0 Å². The molecule has 16 heavy (non-hydrogen) atoms. The number of aromatic amines is 1. The molecule has 6 heteroatoms. The molecule has 0 amide bonds. The highest BCUT2D eigenvalue weighted by molar-refractivity contribution is 5.67. The quantitative estimate of drug-likeness (QED) is 0.682. The first-order chi connectivity index (χ1) is 7.49. The van der Waals surface area contributed by atoms with Gasteiger partial charge in [-0.1, -0.05) is 0 Å². The lowest BCUT2D eigenvalue weighted by Crippen LogP contribution is -2.20. The first-order valence-corrected chi connectivity index (χ1v) is 5.05. The Labute approximate surface area is 92.7 Å². The summed E-state index contributed by atoms with van der Waals surface area (Å²) in [4.78, 5) is 28.4. The molecule has 0 aliphatic heterocycles. The summed E-state index contributed by atoms with van der Waals surface area (Å²) in [6, 6.07) is 0.174. The van der Waals surface area contributed by atoms with Crippen molar-refractivity contribution in [3.63, 3.8) is 0 Å². The lowest BCUT2D eigenvalue weighted by Gasteiger charge is -2.08. The molecule has 1 aromatic heterocycles. The second-order valence-corrected chi connectivity index (χ2v) is 3.78. The average Bonchev–Trinajstić information content (AvgIpc) is 2.15. The average molecular weight is 225 g/mol. The van der Waals surface area contributed by atoms with Gasteiger partial charge in [-0.3, -0.25) is 14.6 Å². The number of anilines is 1. The van der Waals surface area contributed by atoms with Crippen molar-refractivity contribution >= 4 is 11.9 Å². The number of carboxylic acid groups (broad SMARTS) is 1. The van der Waals surface area contributed by atoms with Crippen molar-refractivity contribution in [2.45, 2.75) is 32.7 Å². The van der Waals surface area contributed by atoms with Crippen molar-refractivity contribution in [3.8, 4) is 0 Å². The maximum absolute atomic E-state index is 11.5. The second kappa shape index (κ2) is 5.29. The SMILES string of the molecule is CC(C)Nc1ncc(CCC(=O)O)c(=O)[nH]1. The number of aliphatic carboxylic acids is 1. The standard InChI is InChI=1S/C10H15N3O3/c1-6(2)12-10-11-5-7(9(16)13-10)3-4-8(14)15/h5-6H,3-4H2,1-2H3,(H,14,15)(H2,11,12,13,16). The predicted molar refractivity (Wildman–Crippen MR) is 59.6 cm³/mol. The Hall–Kier alpha value is -1.85. The van der Waals surface area contributed by atoms with Gasteiger partial charge in [0.05, 0.1) is 0 Å². The summed E-state index contributed by atoms with van der Waals surface area (Å²) in [6.45, 7) is 3.86. The Morgan fingerprint density at radius 1 is 1.62 bits per heavy atom. The van der Waals surface area contributed by atoms with Crippen LogP contribution in [0.1, 0.15) is 25.8 Å². The largest absolute Gasteiger partial charge is 0.481 e. The molecule has 6 nitrogen and oxygen atoms in total. The van der Waals surface area contributed by atoms with Gasteiger partial charge in [0.2, 0.25) is 5.95 Å². The van der Waals surface area contributed by atoms with Crippen LogP contribution in [0.2, 0.25) is 0 Å². The van der Waals surface area contributed by atoms with E-state index < -0.39 is 5.97 Å². The van der Waals surface area contributed by atoms with Crippen LogP contribution in [-0.2, 0) is 11.2 Å². The Morgan fingerprint density at radius 2 is 2.31 bits per heavy atom. The summed E-state index contributed by atoms with van der Waals surface area (Å²) in [7, 11) is 0. The van der Waals surface area contributed by atoms with Crippen molar-refractivity contribution in [2.75, 3.05) is 5.32 Å². The molecule has 1 heterocycles. The first kappa shape index (κ1) is 12.2. The summed E-state index contributed by atoms with van der Waals surface area (Å²) < 4.78 is 0. The molecule has 0 atom stereocenters. The number of aromatic nitrogens is 2. The van der Waals surface area contributed by atoms with Gasteiger partial charge in [-0.05, 0) is 20.3 Å². The topological polar surface area (TPSA) is 95.1 Å². The lowest BCUT2D eigenvalue weighted by molar-refractivity contribution is -0.136. The van der Waals surface area contributed by atoms with E-state index in [1.54, 1.807) is 0 Å². The minimum atomic E-state index is -0.927. The summed E-state index contributed by atoms with van der Waals surface area (Å²) >= 11 is 0. The molecular formula is C10H15N3O3. The zero-order valence-corrected chi connectivity index (χ0v) is 9.28. The van der Waals surface area contributed by atoms with Crippen LogP contribution in [0.4, 0.5) is 5.95 Å². The van der Waals surface area contributed by atoms with Gasteiger partial charge in [0.15, 0.2) is 0 Å². The number of carbonyl (C=O) groups is 1. The number of carboxylic acids is 1. The third kappa shape index (κ3) is 3.72. The fourth-order valence-electron chi connectivity index (χ4n) is 1.19. The Morgan fingerprint density at radius 3 is 2.81 bits per heavy atom. The monoisotopic (exact) mass is 225 g/mol. The van der Waals surface area contributed by atoms with E-state index in [2.05, 4.69) is 15.3 Å². The van der Waals surface area contributed by atoms with E-state index >= 15 is 0 Å². The smallest absolute Gasteiger partial charge is 0.303 e. The highest BCUT2D eigenvalue weighted by atomic mass is 16.4. The minimum Gasteiger partial charge on any atom is -0.481 e. The number of rotatable bonds is 5. The van der Waals surface area contributed by atoms with Gasteiger partial charge in [0.1, 0.15) is 0 Å². The number of aryl methyl sites for hydroxylation is 1. The lowest BCUT2D eigenvalue weighted by atomic mass is 10.2. The Kier molecular flexibility index (Phi) is 4.04. The predicted octanol–water partition coefficient (Wildman–Crippen LogP) is 0.607. The summed E-state index contributed by atoms with van der Waals surface area (Å²) in [6.07, 6.45) is 1.54. The molecule has 0 saturated carbocycles. The van der Waals surface area contributed by atoms with E-state index in [0.717, 1.165) is 0 Å². The number of hydrogen-bond donors (Lipinski definition) is 3. The highest BCUT2D eigenvalue weighted by Crippen LogP contribution is 1.99. The van der Waals surface area contributed by atoms with E-state index in [4.69, 9.17) is 5.11 Å². The van der Waals surface area contributed by atoms with Gasteiger partial charge >= 0.3 is 5.97 Å². The minimum absolute atomic E-state index is 0.0677. The fourth-order valence-corrected chi connectivity index (χ4v) is 1.19. The molecule has 0 saturated heterocycles. The summed E-state index contributed by atoms with van der Waals surface area (Å²) in [5.74, 6) is -0.525. The molecule has 3 N–H and O–H groups in total. The van der Waals surface area contributed by atoms with Crippen molar-refractivity contribution in [2.24, 2.45) is 0 Å². The molecule has 1 aromatic rings. The van der Waals surface area contributed by atoms with Gasteiger partial charge in [-0.15, -0.1) is 0 Å². The zero-order valence-electron chi connectivity index (χ0n) is 9.28. The highest BCUT2D eigenvalue weighted by Gasteiger charge is 2.05. The molecule has 0 bridgehead atoms. The van der Waals surface area contributed by atoms with Crippen molar-refractivity contribution in [3.05, 3.63) is 22.1 Å². The van der Waals surface area contributed by atoms with Gasteiger partial charge in [-0.25, -0.2) is 4.98 Å². The number of nitrogens with one attached hydrogen (secondary N) is 2. The Balaban J connectivity index is 2.75. The number of nitrogens with zero attached hydrogens (tertiary/aromatic N) is 1. The van der Waals surface area contributed by atoms with E-state index in [0.29, 0.717) is 11.5 Å². The molecular weight excluding hydrogens is 210 g/mol.